The van der Waals surface area contributed by atoms with E-state index in [1.165, 1.54) is 11.0 Å². The van der Waals surface area contributed by atoms with Crippen molar-refractivity contribution in [2.45, 2.75) is 49.9 Å². The van der Waals surface area contributed by atoms with Gasteiger partial charge in [-0.15, -0.1) is 0 Å². The minimum atomic E-state index is -1.51. The first-order valence-electron chi connectivity index (χ1n) is 18.4. The number of aliphatic hydroxyl groups is 1. The standard InChI is InChI=1S/C41H41Cl2N3O9/c1-54-26-13-8-24(9-14-26)41-31(38(51)46(40(41)53)44-33-17-10-25(42)21-32(33)43)22-30-28(36(41)23-6-11-27(12-7-23)55-20-19-47)15-16-29-35(30)39(52)45(37(29)50)18-4-2-3-5-34(48)49/h6-15,17,21,29-31,35-36,44,47H,2-5,16,18-20,22H2,1H3,(H,48,49)/t29-,30+,31-,35-,36-,41+/m0/s1. The van der Waals surface area contributed by atoms with E-state index in [0.717, 1.165) is 10.6 Å². The fraction of sp³-hybridized carbons (Fsp3) is 0.390. The summed E-state index contributed by atoms with van der Waals surface area (Å²) in [4.78, 5) is 70.8. The molecule has 3 aromatic carbocycles. The quantitative estimate of drug-likeness (QED) is 0.100. The lowest BCUT2D eigenvalue weighted by Crippen LogP contribution is -2.53. The summed E-state index contributed by atoms with van der Waals surface area (Å²) >= 11 is 12.7. The monoisotopic (exact) mass is 789 g/mol. The fourth-order valence-corrected chi connectivity index (χ4v) is 9.60. The molecule has 6 atom stereocenters. The lowest BCUT2D eigenvalue weighted by Gasteiger charge is -2.50. The normalized spacial score (nSPS) is 25.7. The largest absolute Gasteiger partial charge is 0.497 e. The molecule has 3 fully saturated rings. The van der Waals surface area contributed by atoms with Crippen LogP contribution in [0.5, 0.6) is 11.5 Å². The van der Waals surface area contributed by atoms with Crippen LogP contribution in [0.2, 0.25) is 10.0 Å². The second kappa shape index (κ2) is 15.7. The van der Waals surface area contributed by atoms with Gasteiger partial charge in [-0.3, -0.25) is 34.3 Å². The van der Waals surface area contributed by atoms with E-state index in [4.69, 9.17) is 37.8 Å². The molecule has 0 bridgehead atoms. The van der Waals surface area contributed by atoms with E-state index >= 15 is 4.79 Å². The molecule has 0 radical (unpaired) electrons. The minimum absolute atomic E-state index is 0.0125. The number of unbranched alkanes of at least 4 members (excludes halogenated alkanes) is 2. The molecule has 3 aromatic rings. The number of likely N-dealkylation sites (tertiary alicyclic amines) is 1. The van der Waals surface area contributed by atoms with Crippen molar-refractivity contribution < 1.29 is 43.7 Å². The molecule has 0 aromatic heterocycles. The Morgan fingerprint density at radius 3 is 2.31 bits per heavy atom. The van der Waals surface area contributed by atoms with Crippen LogP contribution >= 0.6 is 23.2 Å². The van der Waals surface area contributed by atoms with Gasteiger partial charge < -0.3 is 19.7 Å². The van der Waals surface area contributed by atoms with Gasteiger partial charge in [0.1, 0.15) is 18.1 Å². The number of carbonyl (C=O) groups excluding carboxylic acids is 4. The van der Waals surface area contributed by atoms with Crippen LogP contribution in [0.25, 0.3) is 0 Å². The SMILES string of the molecule is COc1ccc([C@@]23C(=O)N(Nc4ccc(Cl)cc4Cl)C(=O)[C@@H]2C[C@@H]2C(=CC[C@@H]4C(=O)N(CCCCCC(=O)O)C(=O)[C@@H]42)[C@@H]3c2ccc(OCCO)cc2)cc1. The first-order chi connectivity index (χ1) is 26.5. The van der Waals surface area contributed by atoms with Crippen LogP contribution in [0.3, 0.4) is 0 Å². The highest BCUT2D eigenvalue weighted by Crippen LogP contribution is 2.64. The number of imide groups is 2. The van der Waals surface area contributed by atoms with Gasteiger partial charge in [0.15, 0.2) is 0 Å². The topological polar surface area (TPSA) is 163 Å². The maximum atomic E-state index is 15.4. The zero-order valence-electron chi connectivity index (χ0n) is 30.1. The third-order valence-electron chi connectivity index (χ3n) is 11.5. The molecular weight excluding hydrogens is 749 g/mol. The van der Waals surface area contributed by atoms with Crippen molar-refractivity contribution in [2.24, 2.45) is 23.7 Å². The third-order valence-corrected chi connectivity index (χ3v) is 12.1. The number of hydrazine groups is 1. The van der Waals surface area contributed by atoms with E-state index in [2.05, 4.69) is 5.43 Å². The van der Waals surface area contributed by atoms with Crippen LogP contribution in [-0.2, 0) is 29.4 Å². The number of carbonyl (C=O) groups is 5. The lowest BCUT2D eigenvalue weighted by molar-refractivity contribution is -0.141. The second-order valence-electron chi connectivity index (χ2n) is 14.4. The zero-order chi connectivity index (χ0) is 39.0. The number of benzene rings is 3. The molecule has 2 saturated heterocycles. The molecule has 2 heterocycles. The molecule has 14 heteroatoms. The number of ether oxygens (including phenoxy) is 2. The number of rotatable bonds is 14. The Morgan fingerprint density at radius 2 is 1.64 bits per heavy atom. The maximum absolute atomic E-state index is 15.4. The van der Waals surface area contributed by atoms with Gasteiger partial charge in [0.05, 0.1) is 47.6 Å². The number of carboxylic acids is 1. The molecule has 1 saturated carbocycles. The fourth-order valence-electron chi connectivity index (χ4n) is 9.15. The summed E-state index contributed by atoms with van der Waals surface area (Å²) in [5.41, 5.74) is 3.86. The predicted octanol–water partition coefficient (Wildman–Crippen LogP) is 6.00. The van der Waals surface area contributed by atoms with Crippen LogP contribution in [-0.4, -0.2) is 76.6 Å². The van der Waals surface area contributed by atoms with Crippen molar-refractivity contribution in [3.05, 3.63) is 99.6 Å². The molecule has 0 spiro atoms. The molecule has 12 nitrogen and oxygen atoms in total. The number of carboxylic acid groups (broad SMARTS) is 1. The van der Waals surface area contributed by atoms with E-state index in [1.54, 1.807) is 55.6 Å². The molecular formula is C41H41Cl2N3O9. The number of anilines is 1. The molecule has 4 aliphatic rings. The molecule has 288 valence electrons. The van der Waals surface area contributed by atoms with Gasteiger partial charge >= 0.3 is 5.97 Å². The number of methoxy groups -OCH3 is 1. The number of amides is 4. The van der Waals surface area contributed by atoms with Gasteiger partial charge in [-0.1, -0.05) is 65.5 Å². The average Bonchev–Trinajstić information content (AvgIpc) is 3.55. The molecule has 4 amide bonds. The van der Waals surface area contributed by atoms with Gasteiger partial charge in [-0.05, 0) is 85.2 Å². The Hall–Kier alpha value is -4.91. The van der Waals surface area contributed by atoms with Crippen LogP contribution in [0.1, 0.15) is 55.6 Å². The van der Waals surface area contributed by atoms with Crippen LogP contribution in [0.15, 0.2) is 78.4 Å². The van der Waals surface area contributed by atoms with E-state index in [1.807, 2.05) is 18.2 Å². The smallest absolute Gasteiger partial charge is 0.303 e. The molecule has 55 heavy (non-hydrogen) atoms. The molecule has 0 unspecified atom stereocenters. The number of aliphatic hydroxyl groups excluding tert-OH is 1. The number of hydrogen-bond donors (Lipinski definition) is 3. The van der Waals surface area contributed by atoms with Crippen molar-refractivity contribution in [3.63, 3.8) is 0 Å². The lowest BCUT2D eigenvalue weighted by atomic mass is 9.49. The summed E-state index contributed by atoms with van der Waals surface area (Å²) < 4.78 is 11.1. The number of aliphatic carboxylic acids is 1. The molecule has 7 rings (SSSR count). The van der Waals surface area contributed by atoms with Gasteiger partial charge in [-0.2, -0.15) is 5.01 Å². The van der Waals surface area contributed by atoms with Gasteiger partial charge in [0.2, 0.25) is 11.8 Å². The van der Waals surface area contributed by atoms with Gasteiger partial charge in [-0.25, -0.2) is 0 Å². The number of nitrogens with zero attached hydrogens (tertiary/aromatic N) is 2. The highest BCUT2D eigenvalue weighted by atomic mass is 35.5. The number of fused-ring (bicyclic) bond motifs is 4. The van der Waals surface area contributed by atoms with Crippen LogP contribution in [0.4, 0.5) is 5.69 Å². The van der Waals surface area contributed by atoms with E-state index < -0.39 is 52.8 Å². The average molecular weight is 791 g/mol. The first kappa shape index (κ1) is 38.4. The first-order valence-corrected chi connectivity index (χ1v) is 19.1. The third kappa shape index (κ3) is 6.74. The number of halogens is 2. The Labute approximate surface area is 327 Å². The highest BCUT2D eigenvalue weighted by molar-refractivity contribution is 6.36. The summed E-state index contributed by atoms with van der Waals surface area (Å²) in [5, 5.41) is 20.0. The van der Waals surface area contributed by atoms with Gasteiger partial charge in [0, 0.05) is 23.9 Å². The summed E-state index contributed by atoms with van der Waals surface area (Å²) in [6, 6.07) is 18.9. The van der Waals surface area contributed by atoms with E-state index in [-0.39, 0.29) is 55.9 Å². The Morgan fingerprint density at radius 1 is 0.909 bits per heavy atom. The predicted molar refractivity (Wildman–Crippen MR) is 202 cm³/mol. The van der Waals surface area contributed by atoms with Crippen molar-refractivity contribution >= 4 is 58.5 Å². The van der Waals surface area contributed by atoms with Crippen molar-refractivity contribution in [3.8, 4) is 11.5 Å². The van der Waals surface area contributed by atoms with Crippen molar-refractivity contribution in [1.29, 1.82) is 0 Å². The van der Waals surface area contributed by atoms with E-state index in [9.17, 15) is 24.3 Å². The molecule has 2 aliphatic heterocycles. The number of hydrogen-bond acceptors (Lipinski definition) is 9. The summed E-state index contributed by atoms with van der Waals surface area (Å²) in [5.74, 6) is -5.08. The Balaban J connectivity index is 1.35. The maximum Gasteiger partial charge on any atom is 0.303 e. The number of nitrogens with one attached hydrogen (secondary N) is 1. The minimum Gasteiger partial charge on any atom is -0.497 e. The van der Waals surface area contributed by atoms with Crippen molar-refractivity contribution in [1.82, 2.24) is 9.91 Å². The highest BCUT2D eigenvalue weighted by Gasteiger charge is 2.70. The van der Waals surface area contributed by atoms with E-state index in [0.29, 0.717) is 52.6 Å². The van der Waals surface area contributed by atoms with Crippen LogP contribution in [0, 0.1) is 23.7 Å². The Kier molecular flexibility index (Phi) is 10.9. The second-order valence-corrected chi connectivity index (χ2v) is 15.2. The number of allylic oxidation sites excluding steroid dienone is 2. The summed E-state index contributed by atoms with van der Waals surface area (Å²) in [6.45, 7) is 0.0954. The zero-order valence-corrected chi connectivity index (χ0v) is 31.6. The molecule has 3 N–H and O–H groups in total. The Bertz CT molecular complexity index is 2040. The molecule has 2 aliphatic carbocycles. The van der Waals surface area contributed by atoms with Crippen LogP contribution < -0.4 is 14.9 Å². The van der Waals surface area contributed by atoms with Crippen molar-refractivity contribution in [2.75, 3.05) is 32.3 Å². The summed E-state index contributed by atoms with van der Waals surface area (Å²) in [7, 11) is 1.54. The van der Waals surface area contributed by atoms with Gasteiger partial charge in [0.25, 0.3) is 11.8 Å². The summed E-state index contributed by atoms with van der Waals surface area (Å²) in [6.07, 6.45) is 3.86.